The summed E-state index contributed by atoms with van der Waals surface area (Å²) in [7, 11) is 0. The highest BCUT2D eigenvalue weighted by Crippen LogP contribution is 2.41. The number of aliphatic hydroxyl groups is 1. The maximum absolute atomic E-state index is 13.7. The Bertz CT molecular complexity index is 588. The Morgan fingerprint density at radius 1 is 1.32 bits per heavy atom. The number of hydrogen-bond donors (Lipinski definition) is 1. The molecule has 19 heavy (non-hydrogen) atoms. The monoisotopic (exact) mass is 259 g/mol. The van der Waals surface area contributed by atoms with Crippen molar-refractivity contribution in [2.75, 3.05) is 6.61 Å². The lowest BCUT2D eigenvalue weighted by atomic mass is 9.85. The number of benzene rings is 1. The van der Waals surface area contributed by atoms with Crippen LogP contribution in [0.1, 0.15) is 29.6 Å². The van der Waals surface area contributed by atoms with Crippen LogP contribution >= 0.6 is 0 Å². The van der Waals surface area contributed by atoms with Gasteiger partial charge in [0.05, 0.1) is 18.9 Å². The van der Waals surface area contributed by atoms with Crippen molar-refractivity contribution in [3.05, 3.63) is 59.7 Å². The number of hydrogen-bond acceptors (Lipinski definition) is 3. The molecule has 2 unspecified atom stereocenters. The molecule has 0 radical (unpaired) electrons. The molecule has 2 atom stereocenters. The van der Waals surface area contributed by atoms with E-state index in [-0.39, 0.29) is 11.5 Å². The lowest BCUT2D eigenvalue weighted by molar-refractivity contribution is 0.114. The molecule has 0 saturated heterocycles. The standard InChI is InChI=1S/C15H14FNO2/c16-13-9-17-7-5-12(13)15(18)11-6-8-19-14-4-2-1-3-10(11)14/h1-5,7,9,11,15,18H,6,8H2. The molecule has 0 aliphatic carbocycles. The predicted molar refractivity (Wildman–Crippen MR) is 68.4 cm³/mol. The second-order valence-corrected chi connectivity index (χ2v) is 4.62. The first-order valence-electron chi connectivity index (χ1n) is 6.26. The largest absolute Gasteiger partial charge is 0.493 e. The van der Waals surface area contributed by atoms with Gasteiger partial charge in [0.1, 0.15) is 11.6 Å². The van der Waals surface area contributed by atoms with Crippen molar-refractivity contribution in [3.63, 3.8) is 0 Å². The van der Waals surface area contributed by atoms with Gasteiger partial charge in [-0.1, -0.05) is 18.2 Å². The molecule has 0 amide bonds. The molecule has 3 nitrogen and oxygen atoms in total. The van der Waals surface area contributed by atoms with Crippen molar-refractivity contribution in [2.45, 2.75) is 18.4 Å². The van der Waals surface area contributed by atoms with E-state index in [1.165, 1.54) is 12.3 Å². The van der Waals surface area contributed by atoms with Gasteiger partial charge in [0, 0.05) is 23.2 Å². The maximum Gasteiger partial charge on any atom is 0.147 e. The minimum atomic E-state index is -0.881. The van der Waals surface area contributed by atoms with E-state index in [0.717, 1.165) is 17.5 Å². The number of rotatable bonds is 2. The van der Waals surface area contributed by atoms with Crippen LogP contribution in [0.5, 0.6) is 5.75 Å². The molecular weight excluding hydrogens is 245 g/mol. The third-order valence-electron chi connectivity index (χ3n) is 3.51. The zero-order valence-corrected chi connectivity index (χ0v) is 10.3. The van der Waals surface area contributed by atoms with Gasteiger partial charge < -0.3 is 9.84 Å². The molecule has 1 aromatic heterocycles. The van der Waals surface area contributed by atoms with Crippen LogP contribution < -0.4 is 4.74 Å². The Balaban J connectivity index is 1.98. The molecule has 0 fully saturated rings. The van der Waals surface area contributed by atoms with Gasteiger partial charge in [0.25, 0.3) is 0 Å². The van der Waals surface area contributed by atoms with Crippen molar-refractivity contribution in [1.82, 2.24) is 4.98 Å². The van der Waals surface area contributed by atoms with Gasteiger partial charge in [-0.05, 0) is 18.6 Å². The van der Waals surface area contributed by atoms with Crippen LogP contribution in [0, 0.1) is 5.82 Å². The quantitative estimate of drug-likeness (QED) is 0.901. The molecule has 3 rings (SSSR count). The van der Waals surface area contributed by atoms with E-state index in [1.54, 1.807) is 0 Å². The zero-order valence-electron chi connectivity index (χ0n) is 10.3. The van der Waals surface area contributed by atoms with Crippen LogP contribution in [0.2, 0.25) is 0 Å². The maximum atomic E-state index is 13.7. The third-order valence-corrected chi connectivity index (χ3v) is 3.51. The van der Waals surface area contributed by atoms with Gasteiger partial charge in [-0.25, -0.2) is 4.39 Å². The average Bonchev–Trinajstić information content (AvgIpc) is 2.46. The average molecular weight is 259 g/mol. The van der Waals surface area contributed by atoms with E-state index in [0.29, 0.717) is 13.0 Å². The summed E-state index contributed by atoms with van der Waals surface area (Å²) < 4.78 is 19.3. The molecule has 0 bridgehead atoms. The van der Waals surface area contributed by atoms with E-state index in [9.17, 15) is 9.50 Å². The van der Waals surface area contributed by atoms with Crippen molar-refractivity contribution in [1.29, 1.82) is 0 Å². The molecule has 2 aromatic rings. The molecule has 1 aromatic carbocycles. The fraction of sp³-hybridized carbons (Fsp3) is 0.267. The fourth-order valence-electron chi connectivity index (χ4n) is 2.54. The highest BCUT2D eigenvalue weighted by atomic mass is 19.1. The molecule has 1 N–H and O–H groups in total. The van der Waals surface area contributed by atoms with Crippen LogP contribution in [-0.2, 0) is 0 Å². The van der Waals surface area contributed by atoms with Gasteiger partial charge in [0.2, 0.25) is 0 Å². The summed E-state index contributed by atoms with van der Waals surface area (Å²) in [5, 5.41) is 10.4. The van der Waals surface area contributed by atoms with Crippen molar-refractivity contribution in [3.8, 4) is 5.75 Å². The van der Waals surface area contributed by atoms with Crippen molar-refractivity contribution < 1.29 is 14.2 Å². The summed E-state index contributed by atoms with van der Waals surface area (Å²) in [6.45, 7) is 0.533. The SMILES string of the molecule is OC(c1ccncc1F)C1CCOc2ccccc21. The molecule has 0 spiro atoms. The predicted octanol–water partition coefficient (Wildman–Crippen LogP) is 2.82. The molecule has 1 aliphatic heterocycles. The number of nitrogens with zero attached hydrogens (tertiary/aromatic N) is 1. The van der Waals surface area contributed by atoms with Gasteiger partial charge in [0.15, 0.2) is 0 Å². The summed E-state index contributed by atoms with van der Waals surface area (Å²) in [5.74, 6) is 0.146. The number of fused-ring (bicyclic) bond motifs is 1. The summed E-state index contributed by atoms with van der Waals surface area (Å²) in [6, 6.07) is 9.10. The van der Waals surface area contributed by atoms with Gasteiger partial charge in [-0.3, -0.25) is 4.98 Å². The lowest BCUT2D eigenvalue weighted by Crippen LogP contribution is -2.20. The molecule has 4 heteroatoms. The van der Waals surface area contributed by atoms with Crippen LogP contribution in [0.25, 0.3) is 0 Å². The third kappa shape index (κ3) is 2.19. The van der Waals surface area contributed by atoms with Gasteiger partial charge in [-0.2, -0.15) is 0 Å². The first-order chi connectivity index (χ1) is 9.27. The Morgan fingerprint density at radius 3 is 3.00 bits per heavy atom. The van der Waals surface area contributed by atoms with Crippen molar-refractivity contribution in [2.24, 2.45) is 0 Å². The minimum Gasteiger partial charge on any atom is -0.493 e. The Hall–Kier alpha value is -1.94. The van der Waals surface area contributed by atoms with E-state index < -0.39 is 11.9 Å². The summed E-state index contributed by atoms with van der Waals surface area (Å²) in [6.07, 6.45) is 2.41. The minimum absolute atomic E-state index is 0.151. The second-order valence-electron chi connectivity index (χ2n) is 4.62. The van der Waals surface area contributed by atoms with Crippen LogP contribution in [0.4, 0.5) is 4.39 Å². The van der Waals surface area contributed by atoms with Gasteiger partial charge >= 0.3 is 0 Å². The second kappa shape index (κ2) is 4.97. The number of aromatic nitrogens is 1. The Labute approximate surface area is 110 Å². The topological polar surface area (TPSA) is 42.4 Å². The highest BCUT2D eigenvalue weighted by molar-refractivity contribution is 5.39. The number of para-hydroxylation sites is 1. The molecule has 2 heterocycles. The van der Waals surface area contributed by atoms with E-state index in [1.807, 2.05) is 24.3 Å². The fourth-order valence-corrected chi connectivity index (χ4v) is 2.54. The van der Waals surface area contributed by atoms with Crippen LogP contribution in [0.3, 0.4) is 0 Å². The number of ether oxygens (including phenoxy) is 1. The van der Waals surface area contributed by atoms with E-state index in [2.05, 4.69) is 4.98 Å². The normalized spacial score (nSPS) is 19.4. The molecule has 1 aliphatic rings. The first kappa shape index (κ1) is 12.1. The molecule has 98 valence electrons. The lowest BCUT2D eigenvalue weighted by Gasteiger charge is -2.29. The van der Waals surface area contributed by atoms with Crippen LogP contribution in [0.15, 0.2) is 42.7 Å². The Kier molecular flexibility index (Phi) is 3.17. The van der Waals surface area contributed by atoms with Crippen molar-refractivity contribution >= 4 is 0 Å². The molecule has 0 saturated carbocycles. The smallest absolute Gasteiger partial charge is 0.147 e. The van der Waals surface area contributed by atoms with E-state index in [4.69, 9.17) is 4.74 Å². The van der Waals surface area contributed by atoms with E-state index >= 15 is 0 Å². The number of pyridine rings is 1. The first-order valence-corrected chi connectivity index (χ1v) is 6.26. The summed E-state index contributed by atoms with van der Waals surface area (Å²) in [4.78, 5) is 3.71. The van der Waals surface area contributed by atoms with Gasteiger partial charge in [-0.15, -0.1) is 0 Å². The molecular formula is C15H14FNO2. The number of aliphatic hydroxyl groups excluding tert-OH is 1. The Morgan fingerprint density at radius 2 is 2.16 bits per heavy atom. The zero-order chi connectivity index (χ0) is 13.2. The highest BCUT2D eigenvalue weighted by Gasteiger charge is 2.29. The van der Waals surface area contributed by atoms with Crippen LogP contribution in [-0.4, -0.2) is 16.7 Å². The summed E-state index contributed by atoms with van der Waals surface area (Å²) >= 11 is 0. The number of halogens is 1. The summed E-state index contributed by atoms with van der Waals surface area (Å²) in [5.41, 5.74) is 1.22.